The summed E-state index contributed by atoms with van der Waals surface area (Å²) < 4.78 is 6.64. The second-order valence-corrected chi connectivity index (χ2v) is 14.4. The third-order valence-electron chi connectivity index (χ3n) is 11.0. The predicted molar refractivity (Wildman–Crippen MR) is 235 cm³/mol. The molecule has 0 aliphatic carbocycles. The van der Waals surface area contributed by atoms with Crippen LogP contribution < -0.4 is 4.90 Å². The normalized spacial score (nSPS) is 11.6. The summed E-state index contributed by atoms with van der Waals surface area (Å²) in [6, 6.07) is 73.6. The molecule has 1 heterocycles. The van der Waals surface area contributed by atoms with Gasteiger partial charge in [0.05, 0.1) is 5.69 Å². The van der Waals surface area contributed by atoms with Crippen molar-refractivity contribution < 1.29 is 4.42 Å². The van der Waals surface area contributed by atoms with Crippen molar-refractivity contribution in [1.29, 1.82) is 0 Å². The van der Waals surface area contributed by atoms with E-state index < -0.39 is 0 Å². The minimum atomic E-state index is 0.628. The molecule has 0 fully saturated rings. The van der Waals surface area contributed by atoms with Crippen LogP contribution in [-0.2, 0) is 0 Å². The smallest absolute Gasteiger partial charge is 0.227 e. The highest BCUT2D eigenvalue weighted by Crippen LogP contribution is 2.44. The van der Waals surface area contributed by atoms with Crippen molar-refractivity contribution in [3.8, 4) is 33.7 Å². The van der Waals surface area contributed by atoms with Gasteiger partial charge in [-0.15, -0.1) is 0 Å². The highest BCUT2D eigenvalue weighted by atomic mass is 16.3. The van der Waals surface area contributed by atoms with Crippen molar-refractivity contribution in [2.45, 2.75) is 0 Å². The van der Waals surface area contributed by atoms with Crippen molar-refractivity contribution in [1.82, 2.24) is 4.98 Å². The largest absolute Gasteiger partial charge is 0.435 e. The molecule has 11 rings (SSSR count). The van der Waals surface area contributed by atoms with Crippen LogP contribution >= 0.6 is 0 Å². The SMILES string of the molecule is c1ccc(-c2ccc(N(c3ccc4cc(-c5ccccc5)ccc4c3)c3cccc4c3ccc3ccc5ccc6nc(-c7ccccc7)oc6c5c34)cc2)cc1. The summed E-state index contributed by atoms with van der Waals surface area (Å²) in [5, 5.41) is 9.23. The van der Waals surface area contributed by atoms with Gasteiger partial charge in [0.1, 0.15) is 5.52 Å². The van der Waals surface area contributed by atoms with E-state index in [4.69, 9.17) is 9.40 Å². The first-order valence-corrected chi connectivity index (χ1v) is 19.0. The Balaban J connectivity index is 1.13. The van der Waals surface area contributed by atoms with Crippen LogP contribution in [0.1, 0.15) is 0 Å². The topological polar surface area (TPSA) is 29.3 Å². The van der Waals surface area contributed by atoms with Crippen molar-refractivity contribution >= 4 is 71.3 Å². The van der Waals surface area contributed by atoms with Gasteiger partial charge in [0.15, 0.2) is 5.58 Å². The molecule has 3 heteroatoms. The van der Waals surface area contributed by atoms with Gasteiger partial charge in [-0.2, -0.15) is 0 Å². The Morgan fingerprint density at radius 1 is 0.357 bits per heavy atom. The van der Waals surface area contributed by atoms with Gasteiger partial charge < -0.3 is 9.32 Å². The van der Waals surface area contributed by atoms with E-state index in [9.17, 15) is 0 Å². The van der Waals surface area contributed by atoms with E-state index in [0.29, 0.717) is 5.89 Å². The zero-order valence-corrected chi connectivity index (χ0v) is 30.4. The Hall–Kier alpha value is -7.49. The third kappa shape index (κ3) is 5.40. The fourth-order valence-electron chi connectivity index (χ4n) is 8.30. The zero-order valence-electron chi connectivity index (χ0n) is 30.4. The number of nitrogens with zero attached hydrogens (tertiary/aromatic N) is 2. The summed E-state index contributed by atoms with van der Waals surface area (Å²) in [5.74, 6) is 0.628. The molecule has 0 saturated carbocycles. The van der Waals surface area contributed by atoms with Crippen molar-refractivity contribution in [3.63, 3.8) is 0 Å². The van der Waals surface area contributed by atoms with Crippen LogP contribution in [0.5, 0.6) is 0 Å². The van der Waals surface area contributed by atoms with Gasteiger partial charge in [0, 0.05) is 33.1 Å². The van der Waals surface area contributed by atoms with Gasteiger partial charge in [-0.25, -0.2) is 4.98 Å². The summed E-state index contributed by atoms with van der Waals surface area (Å²) in [6.45, 7) is 0. The lowest BCUT2D eigenvalue weighted by molar-refractivity contribution is 0.623. The van der Waals surface area contributed by atoms with Gasteiger partial charge in [0.2, 0.25) is 5.89 Å². The molecule has 0 unspecified atom stereocenters. The van der Waals surface area contributed by atoms with Crippen molar-refractivity contribution in [2.24, 2.45) is 0 Å². The van der Waals surface area contributed by atoms with Crippen LogP contribution in [0.15, 0.2) is 211 Å². The first-order valence-electron chi connectivity index (χ1n) is 19.0. The summed E-state index contributed by atoms with van der Waals surface area (Å²) in [5.41, 5.74) is 10.7. The average Bonchev–Trinajstić information content (AvgIpc) is 3.72. The van der Waals surface area contributed by atoms with E-state index in [1.807, 2.05) is 30.3 Å². The van der Waals surface area contributed by atoms with Gasteiger partial charge >= 0.3 is 0 Å². The Bertz CT molecular complexity index is 3230. The van der Waals surface area contributed by atoms with Gasteiger partial charge in [0.25, 0.3) is 0 Å². The quantitative estimate of drug-likeness (QED) is 0.161. The Kier molecular flexibility index (Phi) is 7.49. The molecule has 0 aliphatic rings. The maximum absolute atomic E-state index is 6.64. The zero-order chi connectivity index (χ0) is 37.0. The lowest BCUT2D eigenvalue weighted by Crippen LogP contribution is -2.10. The Morgan fingerprint density at radius 3 is 1.66 bits per heavy atom. The summed E-state index contributed by atoms with van der Waals surface area (Å²) in [6.07, 6.45) is 0. The minimum absolute atomic E-state index is 0.628. The van der Waals surface area contributed by atoms with Crippen LogP contribution in [0.3, 0.4) is 0 Å². The van der Waals surface area contributed by atoms with Crippen LogP contribution in [0, 0.1) is 0 Å². The molecule has 3 nitrogen and oxygen atoms in total. The van der Waals surface area contributed by atoms with Crippen LogP contribution in [0.4, 0.5) is 17.1 Å². The molecule has 0 radical (unpaired) electrons. The molecule has 0 bridgehead atoms. The Morgan fingerprint density at radius 2 is 0.911 bits per heavy atom. The first-order chi connectivity index (χ1) is 27.7. The number of rotatable bonds is 6. The van der Waals surface area contributed by atoms with Crippen LogP contribution in [-0.4, -0.2) is 4.98 Å². The molecule has 0 saturated heterocycles. The molecule has 1 aromatic heterocycles. The van der Waals surface area contributed by atoms with E-state index in [-0.39, 0.29) is 0 Å². The molecular weight excluding hydrogens is 681 g/mol. The van der Waals surface area contributed by atoms with E-state index in [0.717, 1.165) is 66.0 Å². The predicted octanol–water partition coefficient (Wildman–Crippen LogP) is 14.9. The van der Waals surface area contributed by atoms with Gasteiger partial charge in [-0.3, -0.25) is 0 Å². The number of fused-ring (bicyclic) bond motifs is 8. The van der Waals surface area contributed by atoms with Crippen LogP contribution in [0.25, 0.3) is 87.9 Å². The summed E-state index contributed by atoms with van der Waals surface area (Å²) in [7, 11) is 0. The molecule has 0 N–H and O–H groups in total. The number of benzene rings is 10. The fraction of sp³-hybridized carbons (Fsp3) is 0. The number of hydrogen-bond donors (Lipinski definition) is 0. The van der Waals surface area contributed by atoms with E-state index >= 15 is 0 Å². The molecule has 0 spiro atoms. The monoisotopic (exact) mass is 714 g/mol. The molecule has 11 aromatic rings. The minimum Gasteiger partial charge on any atom is -0.435 e. The number of anilines is 3. The number of aromatic nitrogens is 1. The molecule has 56 heavy (non-hydrogen) atoms. The van der Waals surface area contributed by atoms with Crippen molar-refractivity contribution in [2.75, 3.05) is 4.90 Å². The maximum atomic E-state index is 6.64. The molecule has 0 amide bonds. The average molecular weight is 715 g/mol. The fourth-order valence-corrected chi connectivity index (χ4v) is 8.30. The maximum Gasteiger partial charge on any atom is 0.227 e. The number of hydrogen-bond acceptors (Lipinski definition) is 3. The Labute approximate surface area is 324 Å². The third-order valence-corrected chi connectivity index (χ3v) is 11.0. The summed E-state index contributed by atoms with van der Waals surface area (Å²) in [4.78, 5) is 7.35. The number of oxazole rings is 1. The van der Waals surface area contributed by atoms with E-state index in [1.165, 1.54) is 33.0 Å². The second-order valence-electron chi connectivity index (χ2n) is 14.4. The first kappa shape index (κ1) is 32.0. The van der Waals surface area contributed by atoms with E-state index in [1.54, 1.807) is 0 Å². The summed E-state index contributed by atoms with van der Waals surface area (Å²) >= 11 is 0. The molecule has 262 valence electrons. The lowest BCUT2D eigenvalue weighted by Gasteiger charge is -2.28. The molecule has 0 atom stereocenters. The highest BCUT2D eigenvalue weighted by Gasteiger charge is 2.20. The second kappa shape index (κ2) is 13.1. The van der Waals surface area contributed by atoms with Crippen LogP contribution in [0.2, 0.25) is 0 Å². The highest BCUT2D eigenvalue weighted by molar-refractivity contribution is 6.27. The lowest BCUT2D eigenvalue weighted by atomic mass is 9.94. The molecular formula is C53H34N2O. The van der Waals surface area contributed by atoms with Gasteiger partial charge in [-0.1, -0.05) is 152 Å². The standard InChI is InChI=1S/C53H34N2O/c1-4-11-35(12-5-1)37-23-28-44(29-24-37)55(45-30-25-42-33-41(21-22-43(42)34-45)36-13-6-2-7-14-36)49-18-10-17-47-46(49)31-26-38-19-20-39-27-32-48-52(51(39)50(38)47)56-53(54-48)40-15-8-3-9-16-40/h1-34H. The van der Waals surface area contributed by atoms with Crippen molar-refractivity contribution in [3.05, 3.63) is 206 Å². The van der Waals surface area contributed by atoms with E-state index in [2.05, 4.69) is 181 Å². The van der Waals surface area contributed by atoms with Gasteiger partial charge in [-0.05, 0) is 104 Å². The molecule has 0 aliphatic heterocycles. The molecule has 10 aromatic carbocycles.